The monoisotopic (exact) mass is 632 g/mol. The second kappa shape index (κ2) is 10.8. The normalized spacial score (nSPS) is 53.7. The number of fused-ring (bicyclic) bond motifs is 7. The molecule has 6 N–H and O–H groups in total. The van der Waals surface area contributed by atoms with Crippen LogP contribution in [0.25, 0.3) is 0 Å². The highest BCUT2D eigenvalue weighted by molar-refractivity contribution is 5.87. The van der Waals surface area contributed by atoms with Crippen molar-refractivity contribution in [2.45, 2.75) is 155 Å². The summed E-state index contributed by atoms with van der Waals surface area (Å²) in [6, 6.07) is 0. The Morgan fingerprint density at radius 1 is 0.800 bits per heavy atom. The zero-order valence-corrected chi connectivity index (χ0v) is 28.6. The van der Waals surface area contributed by atoms with Crippen molar-refractivity contribution in [3.63, 3.8) is 0 Å². The van der Waals surface area contributed by atoms with Crippen LogP contribution < -0.4 is 0 Å². The van der Waals surface area contributed by atoms with E-state index in [0.717, 1.165) is 44.9 Å². The summed E-state index contributed by atoms with van der Waals surface area (Å²) in [5, 5.41) is 64.7. The van der Waals surface area contributed by atoms with E-state index in [1.807, 2.05) is 0 Å². The highest BCUT2D eigenvalue weighted by Gasteiger charge is 2.71. The number of aliphatic hydroxyl groups is 6. The van der Waals surface area contributed by atoms with Gasteiger partial charge in [-0.1, -0.05) is 60.1 Å². The number of aliphatic hydroxyl groups excluding tert-OH is 6. The van der Waals surface area contributed by atoms with Gasteiger partial charge in [-0.25, -0.2) is 0 Å². The van der Waals surface area contributed by atoms with E-state index in [-0.39, 0.29) is 51.3 Å². The van der Waals surface area contributed by atoms with Crippen LogP contribution in [0.3, 0.4) is 0 Å². The van der Waals surface area contributed by atoms with Crippen LogP contribution in [-0.2, 0) is 9.53 Å². The van der Waals surface area contributed by atoms with Gasteiger partial charge in [0.2, 0.25) is 0 Å². The smallest absolute Gasteiger partial charge is 0.144 e. The standard InChI is InChI=1S/C37H60O8/c1-32(2)14-15-37(27(40)16-22-29(42)31(44)30(43)23(19-38)45-22)21(17-32)20-8-9-25-34(5)12-11-26(39)33(3,4)24(34)10-13-35(25,6)36(20,7)18-28(37)41/h8,21-26,28-31,38-39,41-44H,9-19H2,1-7H3/t21?,22-,23?,24?,25?,26+,28-,29+,30-,31?,34+,35-,36-,37+/m1/s1. The molecule has 0 bridgehead atoms. The maximum atomic E-state index is 14.6. The molecule has 1 aliphatic heterocycles. The molecule has 1 heterocycles. The van der Waals surface area contributed by atoms with Gasteiger partial charge in [-0.05, 0) is 103 Å². The van der Waals surface area contributed by atoms with E-state index >= 15 is 0 Å². The molecule has 0 spiro atoms. The predicted octanol–water partition coefficient (Wildman–Crippen LogP) is 3.92. The van der Waals surface area contributed by atoms with Gasteiger partial charge in [-0.3, -0.25) is 4.79 Å². The first-order chi connectivity index (χ1) is 20.8. The van der Waals surface area contributed by atoms with Crippen molar-refractivity contribution < 1.29 is 40.2 Å². The van der Waals surface area contributed by atoms with Crippen LogP contribution in [0, 0.1) is 50.2 Å². The molecular formula is C37H60O8. The molecule has 0 radical (unpaired) electrons. The Labute approximate surface area is 269 Å². The molecule has 4 saturated carbocycles. The molecule has 5 fully saturated rings. The van der Waals surface area contributed by atoms with Crippen LogP contribution in [0.2, 0.25) is 0 Å². The van der Waals surface area contributed by atoms with Crippen molar-refractivity contribution in [3.8, 4) is 0 Å². The molecule has 8 heteroatoms. The zero-order valence-electron chi connectivity index (χ0n) is 28.6. The highest BCUT2D eigenvalue weighted by atomic mass is 16.5. The lowest BCUT2D eigenvalue weighted by Crippen LogP contribution is -2.68. The van der Waals surface area contributed by atoms with E-state index < -0.39 is 48.6 Å². The Bertz CT molecular complexity index is 1210. The fraction of sp³-hybridized carbons (Fsp3) is 0.919. The quantitative estimate of drug-likeness (QED) is 0.256. The maximum absolute atomic E-state index is 14.6. The van der Waals surface area contributed by atoms with Crippen LogP contribution in [0.15, 0.2) is 11.6 Å². The van der Waals surface area contributed by atoms with Gasteiger partial charge in [-0.2, -0.15) is 0 Å². The molecule has 0 amide bonds. The van der Waals surface area contributed by atoms with Gasteiger partial charge in [0.15, 0.2) is 0 Å². The fourth-order valence-corrected chi connectivity index (χ4v) is 12.6. The Balaban J connectivity index is 1.38. The van der Waals surface area contributed by atoms with Crippen LogP contribution in [0.1, 0.15) is 113 Å². The van der Waals surface area contributed by atoms with Gasteiger partial charge in [0.25, 0.3) is 0 Å². The van der Waals surface area contributed by atoms with Crippen molar-refractivity contribution in [2.75, 3.05) is 6.61 Å². The number of hydrogen-bond acceptors (Lipinski definition) is 8. The molecule has 14 atom stereocenters. The molecule has 5 aliphatic carbocycles. The number of carbonyl (C=O) groups is 1. The van der Waals surface area contributed by atoms with Crippen LogP contribution in [0.4, 0.5) is 0 Å². The second-order valence-corrected chi connectivity index (χ2v) is 18.3. The van der Waals surface area contributed by atoms with Gasteiger partial charge in [-0.15, -0.1) is 0 Å². The first kappa shape index (κ1) is 34.0. The minimum atomic E-state index is -1.54. The zero-order chi connectivity index (χ0) is 33.1. The van der Waals surface area contributed by atoms with Crippen LogP contribution >= 0.6 is 0 Å². The Kier molecular flexibility index (Phi) is 8.17. The van der Waals surface area contributed by atoms with E-state index in [9.17, 15) is 35.4 Å². The highest BCUT2D eigenvalue weighted by Crippen LogP contribution is 2.76. The third-order valence-corrected chi connectivity index (χ3v) is 15.6. The Morgan fingerprint density at radius 2 is 1.47 bits per heavy atom. The van der Waals surface area contributed by atoms with Crippen molar-refractivity contribution in [1.29, 1.82) is 0 Å². The second-order valence-electron chi connectivity index (χ2n) is 18.3. The van der Waals surface area contributed by atoms with Crippen molar-refractivity contribution >= 4 is 5.78 Å². The summed E-state index contributed by atoms with van der Waals surface area (Å²) in [7, 11) is 0. The predicted molar refractivity (Wildman–Crippen MR) is 170 cm³/mol. The lowest BCUT2D eigenvalue weighted by molar-refractivity contribution is -0.233. The molecule has 45 heavy (non-hydrogen) atoms. The number of ketones is 1. The topological polar surface area (TPSA) is 148 Å². The summed E-state index contributed by atoms with van der Waals surface area (Å²) < 4.78 is 5.80. The summed E-state index contributed by atoms with van der Waals surface area (Å²) in [5.74, 6) is 0.520. The average Bonchev–Trinajstić information content (AvgIpc) is 2.95. The molecule has 256 valence electrons. The third-order valence-electron chi connectivity index (χ3n) is 15.6. The molecule has 8 nitrogen and oxygen atoms in total. The van der Waals surface area contributed by atoms with Gasteiger partial charge in [0.1, 0.15) is 30.2 Å². The summed E-state index contributed by atoms with van der Waals surface area (Å²) in [6.45, 7) is 15.7. The first-order valence-electron chi connectivity index (χ1n) is 17.7. The number of allylic oxidation sites excluding steroid dienone is 2. The molecule has 6 rings (SSSR count). The molecule has 6 aliphatic rings. The maximum Gasteiger partial charge on any atom is 0.144 e. The largest absolute Gasteiger partial charge is 0.394 e. The van der Waals surface area contributed by atoms with Gasteiger partial charge in [0.05, 0.1) is 30.3 Å². The van der Waals surface area contributed by atoms with Gasteiger partial charge < -0.3 is 35.4 Å². The summed E-state index contributed by atoms with van der Waals surface area (Å²) in [4.78, 5) is 14.6. The SMILES string of the molecule is CC1(C)CC[C@@]2(C(=O)C[C@H]3OC(CO)[C@@H](O)C(O)[C@H]3O)C(C1)C1=CCC3[C@@]4(C)CC[C@H](O)C(C)(C)C4CC[C@@]3(C)[C@]1(C)C[C@H]2O. The van der Waals surface area contributed by atoms with Crippen molar-refractivity contribution in [1.82, 2.24) is 0 Å². The molecule has 0 aromatic heterocycles. The lowest BCUT2D eigenvalue weighted by atomic mass is 9.33. The fourth-order valence-electron chi connectivity index (χ4n) is 12.6. The third kappa shape index (κ3) is 4.59. The van der Waals surface area contributed by atoms with Crippen LogP contribution in [-0.4, -0.2) is 85.8 Å². The summed E-state index contributed by atoms with van der Waals surface area (Å²) >= 11 is 0. The Hall–Kier alpha value is -0.870. The van der Waals surface area contributed by atoms with Crippen molar-refractivity contribution in [2.24, 2.45) is 50.2 Å². The molecular weight excluding hydrogens is 572 g/mol. The molecule has 1 saturated heterocycles. The van der Waals surface area contributed by atoms with E-state index in [0.29, 0.717) is 24.7 Å². The lowest BCUT2D eigenvalue weighted by Gasteiger charge is -2.72. The number of Topliss-reactive ketones (excluding diaryl/α,β-unsaturated/α-hetero) is 1. The van der Waals surface area contributed by atoms with Crippen molar-refractivity contribution in [3.05, 3.63) is 11.6 Å². The van der Waals surface area contributed by atoms with E-state index in [1.165, 1.54) is 5.57 Å². The number of rotatable bonds is 4. The Morgan fingerprint density at radius 3 is 2.13 bits per heavy atom. The molecule has 0 aromatic carbocycles. The molecule has 5 unspecified atom stereocenters. The minimum absolute atomic E-state index is 0.0126. The first-order valence-corrected chi connectivity index (χ1v) is 17.7. The van der Waals surface area contributed by atoms with Gasteiger partial charge >= 0.3 is 0 Å². The number of hydrogen-bond donors (Lipinski definition) is 6. The van der Waals surface area contributed by atoms with E-state index in [1.54, 1.807) is 0 Å². The number of ether oxygens (including phenoxy) is 1. The molecule has 0 aromatic rings. The summed E-state index contributed by atoms with van der Waals surface area (Å²) in [5.41, 5.74) is -0.166. The van der Waals surface area contributed by atoms with Crippen LogP contribution in [0.5, 0.6) is 0 Å². The minimum Gasteiger partial charge on any atom is -0.394 e. The average molecular weight is 633 g/mol. The summed E-state index contributed by atoms with van der Waals surface area (Å²) in [6.07, 6.45) is 1.89. The van der Waals surface area contributed by atoms with E-state index in [4.69, 9.17) is 4.74 Å². The van der Waals surface area contributed by atoms with E-state index in [2.05, 4.69) is 54.5 Å². The van der Waals surface area contributed by atoms with Gasteiger partial charge in [0, 0.05) is 6.42 Å². The number of carbonyl (C=O) groups excluding carboxylic acids is 1.